The molecule has 0 aliphatic carbocycles. The molecule has 76 valence electrons. The Morgan fingerprint density at radius 2 is 2.29 bits per heavy atom. The molecule has 0 bridgehead atoms. The van der Waals surface area contributed by atoms with Crippen LogP contribution in [0.25, 0.3) is 0 Å². The van der Waals surface area contributed by atoms with Crippen molar-refractivity contribution in [2.75, 3.05) is 7.11 Å². The Morgan fingerprint density at radius 3 is 2.86 bits per heavy atom. The van der Waals surface area contributed by atoms with Crippen molar-refractivity contribution < 1.29 is 13.9 Å². The SMILES string of the molecule is COc1cc(C(C)CC=O)ccc1F. The number of methoxy groups -OCH3 is 1. The van der Waals surface area contributed by atoms with E-state index in [1.807, 2.05) is 6.92 Å². The van der Waals surface area contributed by atoms with Gasteiger partial charge in [0, 0.05) is 6.42 Å². The van der Waals surface area contributed by atoms with Crippen LogP contribution in [0.3, 0.4) is 0 Å². The van der Waals surface area contributed by atoms with E-state index >= 15 is 0 Å². The van der Waals surface area contributed by atoms with E-state index in [9.17, 15) is 9.18 Å². The molecular weight excluding hydrogens is 183 g/mol. The molecule has 0 aliphatic rings. The topological polar surface area (TPSA) is 26.3 Å². The molecule has 2 nitrogen and oxygen atoms in total. The normalized spacial score (nSPS) is 12.2. The minimum atomic E-state index is -0.380. The predicted octanol–water partition coefficient (Wildman–Crippen LogP) is 2.53. The summed E-state index contributed by atoms with van der Waals surface area (Å²) in [6.45, 7) is 1.92. The smallest absolute Gasteiger partial charge is 0.165 e. The Morgan fingerprint density at radius 1 is 1.57 bits per heavy atom. The summed E-state index contributed by atoms with van der Waals surface area (Å²) in [5, 5.41) is 0. The molecule has 0 aromatic heterocycles. The van der Waals surface area contributed by atoms with Crippen molar-refractivity contribution in [3.8, 4) is 5.75 Å². The fourth-order valence-corrected chi connectivity index (χ4v) is 1.26. The van der Waals surface area contributed by atoms with Crippen LogP contribution in [0, 0.1) is 5.82 Å². The molecule has 0 radical (unpaired) electrons. The van der Waals surface area contributed by atoms with E-state index in [4.69, 9.17) is 4.74 Å². The van der Waals surface area contributed by atoms with E-state index in [1.165, 1.54) is 13.2 Å². The van der Waals surface area contributed by atoms with Crippen LogP contribution in [0.15, 0.2) is 18.2 Å². The summed E-state index contributed by atoms with van der Waals surface area (Å²) in [7, 11) is 1.42. The molecule has 1 atom stereocenters. The second kappa shape index (κ2) is 4.74. The predicted molar refractivity (Wildman–Crippen MR) is 52.0 cm³/mol. The summed E-state index contributed by atoms with van der Waals surface area (Å²) in [6.07, 6.45) is 1.30. The second-order valence-electron chi connectivity index (χ2n) is 3.20. The summed E-state index contributed by atoms with van der Waals surface area (Å²) in [5.74, 6) is -0.0585. The third kappa shape index (κ3) is 2.31. The van der Waals surface area contributed by atoms with Crippen LogP contribution in [0.4, 0.5) is 4.39 Å². The van der Waals surface area contributed by atoms with Gasteiger partial charge in [0.05, 0.1) is 7.11 Å². The average molecular weight is 196 g/mol. The molecule has 0 spiro atoms. The Balaban J connectivity index is 2.93. The Hall–Kier alpha value is -1.38. The minimum Gasteiger partial charge on any atom is -0.494 e. The van der Waals surface area contributed by atoms with Gasteiger partial charge < -0.3 is 9.53 Å². The molecule has 1 unspecified atom stereocenters. The number of hydrogen-bond acceptors (Lipinski definition) is 2. The van der Waals surface area contributed by atoms with Crippen molar-refractivity contribution in [3.05, 3.63) is 29.6 Å². The van der Waals surface area contributed by atoms with E-state index in [0.29, 0.717) is 6.42 Å². The first-order valence-electron chi connectivity index (χ1n) is 4.46. The number of hydrogen-bond donors (Lipinski definition) is 0. The van der Waals surface area contributed by atoms with Crippen molar-refractivity contribution in [2.24, 2.45) is 0 Å². The van der Waals surface area contributed by atoms with E-state index in [0.717, 1.165) is 11.8 Å². The molecule has 0 saturated heterocycles. The van der Waals surface area contributed by atoms with Crippen LogP contribution >= 0.6 is 0 Å². The van der Waals surface area contributed by atoms with Gasteiger partial charge in [0.25, 0.3) is 0 Å². The van der Waals surface area contributed by atoms with Gasteiger partial charge in [-0.05, 0) is 23.6 Å². The number of benzene rings is 1. The van der Waals surface area contributed by atoms with Gasteiger partial charge in [-0.2, -0.15) is 0 Å². The number of ether oxygens (including phenoxy) is 1. The van der Waals surface area contributed by atoms with E-state index in [2.05, 4.69) is 0 Å². The highest BCUT2D eigenvalue weighted by Gasteiger charge is 2.08. The molecule has 0 fully saturated rings. The molecule has 0 N–H and O–H groups in total. The monoisotopic (exact) mass is 196 g/mol. The summed E-state index contributed by atoms with van der Waals surface area (Å²) in [6, 6.07) is 4.66. The molecule has 1 rings (SSSR count). The highest BCUT2D eigenvalue weighted by Crippen LogP contribution is 2.24. The molecule has 14 heavy (non-hydrogen) atoms. The highest BCUT2D eigenvalue weighted by atomic mass is 19.1. The van der Waals surface area contributed by atoms with Gasteiger partial charge >= 0.3 is 0 Å². The van der Waals surface area contributed by atoms with Gasteiger partial charge in [0.15, 0.2) is 11.6 Å². The molecule has 0 saturated carbocycles. The van der Waals surface area contributed by atoms with Crippen LogP contribution in [0.5, 0.6) is 5.75 Å². The van der Waals surface area contributed by atoms with E-state index in [-0.39, 0.29) is 17.5 Å². The third-order valence-corrected chi connectivity index (χ3v) is 2.19. The van der Waals surface area contributed by atoms with Crippen molar-refractivity contribution in [1.29, 1.82) is 0 Å². The van der Waals surface area contributed by atoms with E-state index in [1.54, 1.807) is 12.1 Å². The zero-order chi connectivity index (χ0) is 10.6. The standard InChI is InChI=1S/C11H13FO2/c1-8(5-6-13)9-3-4-10(12)11(7-9)14-2/h3-4,6-8H,5H2,1-2H3. The Labute approximate surface area is 82.7 Å². The maximum absolute atomic E-state index is 13.0. The molecule has 0 amide bonds. The maximum Gasteiger partial charge on any atom is 0.165 e. The van der Waals surface area contributed by atoms with Gasteiger partial charge in [-0.1, -0.05) is 13.0 Å². The molecule has 0 heterocycles. The van der Waals surface area contributed by atoms with Gasteiger partial charge in [-0.25, -0.2) is 4.39 Å². The minimum absolute atomic E-state index is 0.0991. The number of halogens is 1. The van der Waals surface area contributed by atoms with Crippen LogP contribution < -0.4 is 4.74 Å². The van der Waals surface area contributed by atoms with Crippen LogP contribution in [-0.2, 0) is 4.79 Å². The molecule has 1 aromatic rings. The first-order valence-corrected chi connectivity index (χ1v) is 4.46. The maximum atomic E-state index is 13.0. The zero-order valence-electron chi connectivity index (χ0n) is 8.29. The largest absolute Gasteiger partial charge is 0.494 e. The average Bonchev–Trinajstić information content (AvgIpc) is 2.19. The lowest BCUT2D eigenvalue weighted by molar-refractivity contribution is -0.108. The Kier molecular flexibility index (Phi) is 3.63. The lowest BCUT2D eigenvalue weighted by Crippen LogP contribution is -1.96. The van der Waals surface area contributed by atoms with Crippen molar-refractivity contribution >= 4 is 6.29 Å². The lowest BCUT2D eigenvalue weighted by Gasteiger charge is -2.10. The zero-order valence-corrected chi connectivity index (χ0v) is 8.29. The highest BCUT2D eigenvalue weighted by molar-refractivity contribution is 5.51. The number of carbonyl (C=O) groups excluding carboxylic acids is 1. The summed E-state index contributed by atoms with van der Waals surface area (Å²) < 4.78 is 17.9. The van der Waals surface area contributed by atoms with Gasteiger partial charge in [0.2, 0.25) is 0 Å². The Bertz CT molecular complexity index is 323. The van der Waals surface area contributed by atoms with Crippen LogP contribution in [0.1, 0.15) is 24.8 Å². The van der Waals surface area contributed by atoms with Gasteiger partial charge in [-0.15, -0.1) is 0 Å². The first kappa shape index (κ1) is 10.7. The quantitative estimate of drug-likeness (QED) is 0.692. The molecular formula is C11H13FO2. The summed E-state index contributed by atoms with van der Waals surface area (Å²) in [4.78, 5) is 10.3. The number of aldehydes is 1. The summed E-state index contributed by atoms with van der Waals surface area (Å²) >= 11 is 0. The van der Waals surface area contributed by atoms with Crippen molar-refractivity contribution in [3.63, 3.8) is 0 Å². The number of carbonyl (C=O) groups is 1. The van der Waals surface area contributed by atoms with E-state index < -0.39 is 0 Å². The molecule has 3 heteroatoms. The van der Waals surface area contributed by atoms with Crippen LogP contribution in [-0.4, -0.2) is 13.4 Å². The summed E-state index contributed by atoms with van der Waals surface area (Å²) in [5.41, 5.74) is 0.912. The van der Waals surface area contributed by atoms with Crippen molar-refractivity contribution in [2.45, 2.75) is 19.3 Å². The van der Waals surface area contributed by atoms with Crippen LogP contribution in [0.2, 0.25) is 0 Å². The molecule has 1 aromatic carbocycles. The van der Waals surface area contributed by atoms with Gasteiger partial charge in [-0.3, -0.25) is 0 Å². The fourth-order valence-electron chi connectivity index (χ4n) is 1.26. The fraction of sp³-hybridized carbons (Fsp3) is 0.364. The van der Waals surface area contributed by atoms with Crippen molar-refractivity contribution in [1.82, 2.24) is 0 Å². The van der Waals surface area contributed by atoms with Gasteiger partial charge in [0.1, 0.15) is 6.29 Å². The first-order chi connectivity index (χ1) is 6.69. The second-order valence-corrected chi connectivity index (χ2v) is 3.20. The number of rotatable bonds is 4. The third-order valence-electron chi connectivity index (χ3n) is 2.19. The lowest BCUT2D eigenvalue weighted by atomic mass is 9.98. The molecule has 0 aliphatic heterocycles.